The van der Waals surface area contributed by atoms with Gasteiger partial charge in [0.05, 0.1) is 16.7 Å². The number of anilines is 2. The van der Waals surface area contributed by atoms with E-state index in [1.807, 2.05) is 13.8 Å². The first-order chi connectivity index (χ1) is 9.95. The summed E-state index contributed by atoms with van der Waals surface area (Å²) in [5, 5.41) is 20.8. The van der Waals surface area contributed by atoms with Gasteiger partial charge in [0, 0.05) is 12.6 Å². The highest BCUT2D eigenvalue weighted by Crippen LogP contribution is 2.32. The summed E-state index contributed by atoms with van der Waals surface area (Å²) in [5.74, 6) is 0.966. The lowest BCUT2D eigenvalue weighted by Gasteiger charge is -2.14. The van der Waals surface area contributed by atoms with Crippen molar-refractivity contribution >= 4 is 17.3 Å². The van der Waals surface area contributed by atoms with Crippen molar-refractivity contribution in [1.29, 1.82) is 0 Å². The fourth-order valence-corrected chi connectivity index (χ4v) is 2.23. The Morgan fingerprint density at radius 1 is 1.33 bits per heavy atom. The third kappa shape index (κ3) is 2.76. The van der Waals surface area contributed by atoms with Gasteiger partial charge in [0.1, 0.15) is 12.1 Å². The van der Waals surface area contributed by atoms with Crippen LogP contribution >= 0.6 is 0 Å². The van der Waals surface area contributed by atoms with Gasteiger partial charge in [-0.1, -0.05) is 5.16 Å². The minimum atomic E-state index is -0.520. The lowest BCUT2D eigenvalue weighted by molar-refractivity contribution is -0.383. The average Bonchev–Trinajstić information content (AvgIpc) is 2.77. The Morgan fingerprint density at radius 2 is 2.00 bits per heavy atom. The number of nitrogens with zero attached hydrogens (tertiary/aromatic N) is 4. The van der Waals surface area contributed by atoms with Crippen LogP contribution in [0.3, 0.4) is 0 Å². The van der Waals surface area contributed by atoms with Crippen LogP contribution in [0.15, 0.2) is 10.9 Å². The van der Waals surface area contributed by atoms with E-state index in [0.29, 0.717) is 5.76 Å². The van der Waals surface area contributed by atoms with Gasteiger partial charge in [-0.3, -0.25) is 10.1 Å². The van der Waals surface area contributed by atoms with Crippen LogP contribution in [0.1, 0.15) is 30.0 Å². The molecule has 2 aromatic heterocycles. The van der Waals surface area contributed by atoms with E-state index in [1.54, 1.807) is 14.0 Å². The first kappa shape index (κ1) is 14.7. The predicted molar refractivity (Wildman–Crippen MR) is 76.2 cm³/mol. The molecule has 2 heterocycles. The molecule has 21 heavy (non-hydrogen) atoms. The Labute approximate surface area is 120 Å². The van der Waals surface area contributed by atoms with Crippen molar-refractivity contribution < 1.29 is 9.45 Å². The molecular weight excluding hydrogens is 276 g/mol. The third-order valence-electron chi connectivity index (χ3n) is 3.12. The number of aryl methyl sites for hydroxylation is 2. The Kier molecular flexibility index (Phi) is 4.01. The van der Waals surface area contributed by atoms with Crippen molar-refractivity contribution in [3.8, 4) is 0 Å². The number of hydrogen-bond acceptors (Lipinski definition) is 8. The largest absolute Gasteiger partial charge is 0.367 e. The summed E-state index contributed by atoms with van der Waals surface area (Å²) in [6, 6.07) is -0.241. The minimum Gasteiger partial charge on any atom is -0.367 e. The second kappa shape index (κ2) is 5.73. The lowest BCUT2D eigenvalue weighted by Crippen LogP contribution is -2.12. The molecule has 0 amide bonds. The van der Waals surface area contributed by atoms with Crippen LogP contribution < -0.4 is 10.6 Å². The van der Waals surface area contributed by atoms with Gasteiger partial charge < -0.3 is 15.2 Å². The average molecular weight is 292 g/mol. The maximum Gasteiger partial charge on any atom is 0.353 e. The molecule has 0 radical (unpaired) electrons. The zero-order chi connectivity index (χ0) is 15.6. The van der Waals surface area contributed by atoms with Crippen LogP contribution in [0.4, 0.5) is 17.3 Å². The molecule has 9 heteroatoms. The molecule has 0 spiro atoms. The van der Waals surface area contributed by atoms with Crippen molar-refractivity contribution in [3.05, 3.63) is 33.5 Å². The van der Waals surface area contributed by atoms with Gasteiger partial charge in [-0.25, -0.2) is 9.97 Å². The zero-order valence-electron chi connectivity index (χ0n) is 12.2. The van der Waals surface area contributed by atoms with Crippen LogP contribution in [0.25, 0.3) is 0 Å². The normalized spacial score (nSPS) is 12.0. The molecule has 0 aromatic carbocycles. The van der Waals surface area contributed by atoms with Crippen molar-refractivity contribution in [2.24, 2.45) is 0 Å². The summed E-state index contributed by atoms with van der Waals surface area (Å²) in [7, 11) is 1.57. The molecule has 1 unspecified atom stereocenters. The number of rotatable bonds is 5. The zero-order valence-corrected chi connectivity index (χ0v) is 12.2. The first-order valence-corrected chi connectivity index (χ1v) is 6.32. The first-order valence-electron chi connectivity index (χ1n) is 6.32. The van der Waals surface area contributed by atoms with Gasteiger partial charge in [-0.15, -0.1) is 0 Å². The van der Waals surface area contributed by atoms with Gasteiger partial charge in [-0.05, 0) is 20.8 Å². The molecule has 2 N–H and O–H groups in total. The molecule has 0 saturated heterocycles. The summed E-state index contributed by atoms with van der Waals surface area (Å²) in [4.78, 5) is 18.5. The number of nitrogens with one attached hydrogen (secondary N) is 2. The van der Waals surface area contributed by atoms with Crippen molar-refractivity contribution in [1.82, 2.24) is 15.1 Å². The molecule has 2 rings (SSSR count). The van der Waals surface area contributed by atoms with E-state index < -0.39 is 4.92 Å². The molecule has 0 bridgehead atoms. The highest BCUT2D eigenvalue weighted by molar-refractivity contribution is 5.69. The second-order valence-electron chi connectivity index (χ2n) is 4.53. The standard InChI is InChI=1S/C12H16N6O3/c1-6(9-7(2)17-21-8(9)3)16-12-10(18(19)20)11(13-4)14-5-15-12/h5-6H,1-4H3,(H2,13,14,15,16). The molecule has 0 fully saturated rings. The lowest BCUT2D eigenvalue weighted by atomic mass is 10.1. The minimum absolute atomic E-state index is 0.145. The number of aromatic nitrogens is 3. The third-order valence-corrected chi connectivity index (χ3v) is 3.12. The quantitative estimate of drug-likeness (QED) is 0.635. The fourth-order valence-electron chi connectivity index (χ4n) is 2.23. The molecule has 9 nitrogen and oxygen atoms in total. The Morgan fingerprint density at radius 3 is 2.52 bits per heavy atom. The van der Waals surface area contributed by atoms with Crippen LogP contribution in [-0.4, -0.2) is 27.1 Å². The number of hydrogen-bond donors (Lipinski definition) is 2. The van der Waals surface area contributed by atoms with Crippen LogP contribution in [0.5, 0.6) is 0 Å². The Balaban J connectivity index is 2.38. The summed E-state index contributed by atoms with van der Waals surface area (Å²) in [6.07, 6.45) is 1.27. The van der Waals surface area contributed by atoms with Crippen molar-refractivity contribution in [3.63, 3.8) is 0 Å². The van der Waals surface area contributed by atoms with Crippen LogP contribution in [0, 0.1) is 24.0 Å². The topological polar surface area (TPSA) is 119 Å². The maximum atomic E-state index is 11.2. The van der Waals surface area contributed by atoms with Crippen LogP contribution in [-0.2, 0) is 0 Å². The molecule has 2 aromatic rings. The highest BCUT2D eigenvalue weighted by Gasteiger charge is 2.25. The molecule has 0 aliphatic rings. The number of nitro groups is 1. The SMILES string of the molecule is CNc1ncnc(NC(C)c2c(C)noc2C)c1[N+](=O)[O-]. The molecule has 0 aliphatic carbocycles. The molecule has 112 valence electrons. The van der Waals surface area contributed by atoms with E-state index in [9.17, 15) is 10.1 Å². The van der Waals surface area contributed by atoms with E-state index in [2.05, 4.69) is 25.8 Å². The summed E-state index contributed by atoms with van der Waals surface area (Å²) < 4.78 is 5.11. The summed E-state index contributed by atoms with van der Waals surface area (Å²) in [5.41, 5.74) is 1.39. The molecule has 0 saturated carbocycles. The molecule has 1 atom stereocenters. The van der Waals surface area contributed by atoms with Gasteiger partial charge in [0.25, 0.3) is 0 Å². The molecule has 0 aliphatic heterocycles. The monoisotopic (exact) mass is 292 g/mol. The second-order valence-corrected chi connectivity index (χ2v) is 4.53. The van der Waals surface area contributed by atoms with Crippen molar-refractivity contribution in [2.45, 2.75) is 26.8 Å². The fraction of sp³-hybridized carbons (Fsp3) is 0.417. The summed E-state index contributed by atoms with van der Waals surface area (Å²) in [6.45, 7) is 5.47. The van der Waals surface area contributed by atoms with E-state index in [4.69, 9.17) is 4.52 Å². The van der Waals surface area contributed by atoms with E-state index in [-0.39, 0.29) is 23.4 Å². The van der Waals surface area contributed by atoms with Gasteiger partial charge in [-0.2, -0.15) is 0 Å². The van der Waals surface area contributed by atoms with Gasteiger partial charge >= 0.3 is 5.69 Å². The predicted octanol–water partition coefficient (Wildman–Crippen LogP) is 2.20. The van der Waals surface area contributed by atoms with Gasteiger partial charge in [0.2, 0.25) is 11.6 Å². The van der Waals surface area contributed by atoms with Crippen LogP contribution in [0.2, 0.25) is 0 Å². The van der Waals surface area contributed by atoms with Crippen molar-refractivity contribution in [2.75, 3.05) is 17.7 Å². The molecular formula is C12H16N6O3. The Bertz CT molecular complexity index is 650. The van der Waals surface area contributed by atoms with E-state index in [0.717, 1.165) is 11.3 Å². The smallest absolute Gasteiger partial charge is 0.353 e. The van der Waals surface area contributed by atoms with E-state index >= 15 is 0 Å². The Hall–Kier alpha value is -2.71. The maximum absolute atomic E-state index is 11.2. The van der Waals surface area contributed by atoms with E-state index in [1.165, 1.54) is 6.33 Å². The highest BCUT2D eigenvalue weighted by atomic mass is 16.6. The van der Waals surface area contributed by atoms with Gasteiger partial charge in [0.15, 0.2) is 0 Å². The summed E-state index contributed by atoms with van der Waals surface area (Å²) >= 11 is 0.